The summed E-state index contributed by atoms with van der Waals surface area (Å²) in [7, 11) is 1.79. The molecule has 7 heteroatoms. The van der Waals surface area contributed by atoms with Gasteiger partial charge in [-0.25, -0.2) is 4.98 Å². The summed E-state index contributed by atoms with van der Waals surface area (Å²) in [5, 5.41) is 9.86. The molecule has 1 atom stereocenters. The zero-order valence-corrected chi connectivity index (χ0v) is 17.2. The van der Waals surface area contributed by atoms with Crippen LogP contribution in [-0.2, 0) is 6.54 Å². The number of hydrogen-bond donors (Lipinski definition) is 2. The Morgan fingerprint density at radius 2 is 2.21 bits per heavy atom. The van der Waals surface area contributed by atoms with Crippen molar-refractivity contribution in [1.82, 2.24) is 15.6 Å². The second kappa shape index (κ2) is 8.15. The van der Waals surface area contributed by atoms with Gasteiger partial charge in [0.05, 0.1) is 12.6 Å². The van der Waals surface area contributed by atoms with Crippen molar-refractivity contribution in [3.63, 3.8) is 0 Å². The van der Waals surface area contributed by atoms with Crippen molar-refractivity contribution in [1.29, 1.82) is 0 Å². The van der Waals surface area contributed by atoms with Gasteiger partial charge in [0, 0.05) is 30.6 Å². The van der Waals surface area contributed by atoms with Crippen molar-refractivity contribution in [3.05, 3.63) is 46.4 Å². The minimum Gasteiger partial charge on any atom is -0.487 e. The molecule has 2 aromatic rings. The number of ether oxygens (including phenoxy) is 1. The van der Waals surface area contributed by atoms with Crippen molar-refractivity contribution < 1.29 is 4.74 Å². The summed E-state index contributed by atoms with van der Waals surface area (Å²) in [5.41, 5.74) is 0.962. The molecule has 1 unspecified atom stereocenters. The van der Waals surface area contributed by atoms with Crippen LogP contribution < -0.4 is 15.4 Å². The Morgan fingerprint density at radius 3 is 2.92 bits per heavy atom. The van der Waals surface area contributed by atoms with E-state index in [0.717, 1.165) is 23.1 Å². The van der Waals surface area contributed by atoms with Crippen LogP contribution in [0, 0.1) is 0 Å². The third-order valence-electron chi connectivity index (χ3n) is 3.80. The molecule has 0 fully saturated rings. The van der Waals surface area contributed by atoms with E-state index in [9.17, 15) is 0 Å². The molecule has 3 rings (SSSR count). The number of nitrogens with one attached hydrogen (secondary N) is 2. The molecular weight excluding hydrogens is 435 g/mol. The van der Waals surface area contributed by atoms with E-state index < -0.39 is 0 Å². The minimum absolute atomic E-state index is 0. The number of thiazole rings is 1. The predicted molar refractivity (Wildman–Crippen MR) is 109 cm³/mol. The first-order valence-corrected chi connectivity index (χ1v) is 8.59. The fourth-order valence-corrected chi connectivity index (χ4v) is 3.35. The highest BCUT2D eigenvalue weighted by molar-refractivity contribution is 14.0. The van der Waals surface area contributed by atoms with E-state index in [1.54, 1.807) is 18.4 Å². The van der Waals surface area contributed by atoms with Crippen LogP contribution in [0.2, 0.25) is 0 Å². The minimum atomic E-state index is -0.208. The predicted octanol–water partition coefficient (Wildman–Crippen LogP) is 3.73. The third-order valence-corrected chi connectivity index (χ3v) is 4.58. The van der Waals surface area contributed by atoms with Gasteiger partial charge in [-0.05, 0) is 19.9 Å². The van der Waals surface area contributed by atoms with E-state index >= 15 is 0 Å². The van der Waals surface area contributed by atoms with Gasteiger partial charge in [-0.2, -0.15) is 0 Å². The maximum absolute atomic E-state index is 6.07. The number of halogens is 1. The van der Waals surface area contributed by atoms with Gasteiger partial charge in [-0.1, -0.05) is 18.2 Å². The average molecular weight is 458 g/mol. The largest absolute Gasteiger partial charge is 0.487 e. The number of rotatable bonds is 3. The van der Waals surface area contributed by atoms with E-state index in [0.29, 0.717) is 6.54 Å². The Labute approximate surface area is 164 Å². The summed E-state index contributed by atoms with van der Waals surface area (Å²) in [6, 6.07) is 8.35. The zero-order valence-electron chi connectivity index (χ0n) is 14.1. The number of fused-ring (bicyclic) bond motifs is 1. The van der Waals surface area contributed by atoms with Crippen LogP contribution in [0.15, 0.2) is 40.8 Å². The van der Waals surface area contributed by atoms with Gasteiger partial charge >= 0.3 is 0 Å². The summed E-state index contributed by atoms with van der Waals surface area (Å²) < 4.78 is 6.07. The van der Waals surface area contributed by atoms with Gasteiger partial charge in [0.2, 0.25) is 0 Å². The quantitative estimate of drug-likeness (QED) is 0.418. The Kier molecular flexibility index (Phi) is 6.45. The van der Waals surface area contributed by atoms with E-state index in [2.05, 4.69) is 40.5 Å². The molecule has 5 nitrogen and oxygen atoms in total. The van der Waals surface area contributed by atoms with E-state index in [1.807, 2.05) is 29.8 Å². The number of para-hydroxylation sites is 1. The Morgan fingerprint density at radius 1 is 1.42 bits per heavy atom. The molecule has 130 valence electrons. The molecule has 1 aromatic carbocycles. The second-order valence-corrected chi connectivity index (χ2v) is 7.13. The SMILES string of the molecule is CN=C(NCc1nccs1)NC1CC(C)(C)Oc2ccccc21.I. The molecule has 2 heterocycles. The lowest BCUT2D eigenvalue weighted by Gasteiger charge is -2.38. The summed E-state index contributed by atoms with van der Waals surface area (Å²) in [5.74, 6) is 1.72. The molecule has 1 aromatic heterocycles. The van der Waals surface area contributed by atoms with E-state index in [1.165, 1.54) is 5.56 Å². The maximum Gasteiger partial charge on any atom is 0.191 e. The van der Waals surface area contributed by atoms with Crippen LogP contribution >= 0.6 is 35.3 Å². The number of aliphatic imine (C=N–C) groups is 1. The topological polar surface area (TPSA) is 58.5 Å². The molecule has 0 saturated carbocycles. The van der Waals surface area contributed by atoms with Crippen LogP contribution in [0.1, 0.15) is 36.9 Å². The molecule has 24 heavy (non-hydrogen) atoms. The van der Waals surface area contributed by atoms with E-state index in [4.69, 9.17) is 4.74 Å². The first-order chi connectivity index (χ1) is 11.1. The van der Waals surface area contributed by atoms with Gasteiger partial charge < -0.3 is 15.4 Å². The van der Waals surface area contributed by atoms with Crippen molar-refractivity contribution in [2.75, 3.05) is 7.05 Å². The number of benzene rings is 1. The Bertz CT molecular complexity index is 688. The van der Waals surface area contributed by atoms with Crippen molar-refractivity contribution in [3.8, 4) is 5.75 Å². The molecule has 0 amide bonds. The number of aromatic nitrogens is 1. The first-order valence-electron chi connectivity index (χ1n) is 7.71. The van der Waals surface area contributed by atoms with Gasteiger partial charge in [0.25, 0.3) is 0 Å². The Balaban J connectivity index is 0.00000208. The van der Waals surface area contributed by atoms with Crippen LogP contribution in [0.25, 0.3) is 0 Å². The molecule has 0 bridgehead atoms. The van der Waals surface area contributed by atoms with Crippen LogP contribution in [-0.4, -0.2) is 23.6 Å². The lowest BCUT2D eigenvalue weighted by molar-refractivity contribution is 0.0694. The first kappa shape index (κ1) is 19.0. The smallest absolute Gasteiger partial charge is 0.191 e. The number of hydrogen-bond acceptors (Lipinski definition) is 4. The molecule has 0 spiro atoms. The van der Waals surface area contributed by atoms with Crippen LogP contribution in [0.5, 0.6) is 5.75 Å². The summed E-state index contributed by atoms with van der Waals surface area (Å²) >= 11 is 1.63. The van der Waals surface area contributed by atoms with E-state index in [-0.39, 0.29) is 35.6 Å². The summed E-state index contributed by atoms with van der Waals surface area (Å²) in [6.45, 7) is 4.90. The molecular formula is C17H23IN4OS. The van der Waals surface area contributed by atoms with Crippen molar-refractivity contribution in [2.45, 2.75) is 38.5 Å². The molecule has 1 aliphatic rings. The maximum atomic E-state index is 6.07. The zero-order chi connectivity index (χ0) is 16.3. The number of guanidine groups is 1. The van der Waals surface area contributed by atoms with Gasteiger partial charge in [0.1, 0.15) is 16.4 Å². The molecule has 0 aliphatic carbocycles. The van der Waals surface area contributed by atoms with Crippen LogP contribution in [0.3, 0.4) is 0 Å². The fraction of sp³-hybridized carbons (Fsp3) is 0.412. The lowest BCUT2D eigenvalue weighted by Crippen LogP contribution is -2.45. The molecule has 2 N–H and O–H groups in total. The lowest BCUT2D eigenvalue weighted by atomic mass is 9.90. The average Bonchev–Trinajstić information content (AvgIpc) is 3.03. The highest BCUT2D eigenvalue weighted by Crippen LogP contribution is 2.39. The van der Waals surface area contributed by atoms with Gasteiger partial charge in [-0.3, -0.25) is 4.99 Å². The van der Waals surface area contributed by atoms with Crippen molar-refractivity contribution >= 4 is 41.3 Å². The fourth-order valence-electron chi connectivity index (χ4n) is 2.79. The second-order valence-electron chi connectivity index (χ2n) is 6.15. The number of nitrogens with zero attached hydrogens (tertiary/aromatic N) is 2. The summed E-state index contributed by atoms with van der Waals surface area (Å²) in [4.78, 5) is 8.61. The molecule has 0 saturated heterocycles. The Hall–Kier alpha value is -1.35. The monoisotopic (exact) mass is 458 g/mol. The highest BCUT2D eigenvalue weighted by Gasteiger charge is 2.33. The summed E-state index contributed by atoms with van der Waals surface area (Å²) in [6.07, 6.45) is 2.69. The standard InChI is InChI=1S/C17H22N4OS.HI/c1-17(2)10-13(12-6-4-5-7-14(12)22-17)21-16(18-3)20-11-15-19-8-9-23-15;/h4-9,13H,10-11H2,1-3H3,(H2,18,20,21);1H. The highest BCUT2D eigenvalue weighted by atomic mass is 127. The van der Waals surface area contributed by atoms with Crippen LogP contribution in [0.4, 0.5) is 0 Å². The normalized spacial score (nSPS) is 18.8. The molecule has 1 aliphatic heterocycles. The third kappa shape index (κ3) is 4.60. The van der Waals surface area contributed by atoms with Gasteiger partial charge in [-0.15, -0.1) is 35.3 Å². The van der Waals surface area contributed by atoms with Gasteiger partial charge in [0.15, 0.2) is 5.96 Å². The van der Waals surface area contributed by atoms with Crippen molar-refractivity contribution in [2.24, 2.45) is 4.99 Å². The molecule has 0 radical (unpaired) electrons.